The van der Waals surface area contributed by atoms with Crippen LogP contribution in [0.25, 0.3) is 22.5 Å². The van der Waals surface area contributed by atoms with Crippen molar-refractivity contribution in [3.63, 3.8) is 0 Å². The lowest BCUT2D eigenvalue weighted by atomic mass is 10.1. The zero-order valence-corrected chi connectivity index (χ0v) is 20.1. The first-order chi connectivity index (χ1) is 15.0. The van der Waals surface area contributed by atoms with Gasteiger partial charge >= 0.3 is 0 Å². The van der Waals surface area contributed by atoms with Crippen molar-refractivity contribution >= 4 is 49.9 Å². The molecule has 1 amide bonds. The number of thiazole rings is 1. The van der Waals surface area contributed by atoms with Crippen molar-refractivity contribution in [1.82, 2.24) is 10.1 Å². The summed E-state index contributed by atoms with van der Waals surface area (Å²) in [7, 11) is 0. The first-order valence-electron chi connectivity index (χ1n) is 9.74. The number of aromatic nitrogens is 2. The molecule has 8 heteroatoms. The Hall–Kier alpha value is -2.48. The van der Waals surface area contributed by atoms with Crippen molar-refractivity contribution in [2.45, 2.75) is 20.3 Å². The molecule has 4 rings (SSSR count). The fourth-order valence-electron chi connectivity index (χ4n) is 3.25. The predicted octanol–water partition coefficient (Wildman–Crippen LogP) is 7.25. The normalized spacial score (nSPS) is 11.0. The van der Waals surface area contributed by atoms with Crippen LogP contribution in [0.4, 0.5) is 5.13 Å². The molecular formula is C23H19BrClN3O2S. The number of hydrogen-bond donors (Lipinski definition) is 0. The third-order valence-corrected chi connectivity index (χ3v) is 6.48. The number of hydrogen-bond acceptors (Lipinski definition) is 5. The first kappa shape index (κ1) is 21.7. The smallest absolute Gasteiger partial charge is 0.265 e. The van der Waals surface area contributed by atoms with E-state index < -0.39 is 0 Å². The lowest BCUT2D eigenvalue weighted by molar-refractivity contribution is 0.0986. The molecule has 4 aromatic rings. The molecule has 0 unspecified atom stereocenters. The average molecular weight is 517 g/mol. The SMILES string of the molecule is CCCN(C(=O)c1c(-c2ccccc2Cl)noc1C)c1nc(-c2ccc(Br)cc2)cs1. The number of carbonyl (C=O) groups is 1. The average Bonchev–Trinajstić information content (AvgIpc) is 3.39. The van der Waals surface area contributed by atoms with Gasteiger partial charge in [0.05, 0.1) is 10.7 Å². The van der Waals surface area contributed by atoms with E-state index in [-0.39, 0.29) is 5.91 Å². The topological polar surface area (TPSA) is 59.2 Å². The van der Waals surface area contributed by atoms with Crippen molar-refractivity contribution in [3.8, 4) is 22.5 Å². The molecule has 5 nitrogen and oxygen atoms in total. The summed E-state index contributed by atoms with van der Waals surface area (Å²) >= 11 is 11.3. The van der Waals surface area contributed by atoms with E-state index in [1.807, 2.05) is 54.8 Å². The molecule has 2 heterocycles. The van der Waals surface area contributed by atoms with Gasteiger partial charge in [-0.05, 0) is 31.5 Å². The summed E-state index contributed by atoms with van der Waals surface area (Å²) < 4.78 is 6.40. The van der Waals surface area contributed by atoms with Gasteiger partial charge in [-0.3, -0.25) is 9.69 Å². The Labute approximate surface area is 197 Å². The maximum absolute atomic E-state index is 13.7. The molecule has 2 aromatic carbocycles. The van der Waals surface area contributed by atoms with Crippen LogP contribution in [0.2, 0.25) is 5.02 Å². The highest BCUT2D eigenvalue weighted by Gasteiger charge is 2.29. The fourth-order valence-corrected chi connectivity index (χ4v) is 4.59. The van der Waals surface area contributed by atoms with Crippen LogP contribution >= 0.6 is 38.9 Å². The van der Waals surface area contributed by atoms with E-state index in [0.29, 0.717) is 39.3 Å². The van der Waals surface area contributed by atoms with Gasteiger partial charge in [-0.1, -0.05) is 69.9 Å². The molecule has 0 bridgehead atoms. The van der Waals surface area contributed by atoms with Crippen LogP contribution in [0.3, 0.4) is 0 Å². The summed E-state index contributed by atoms with van der Waals surface area (Å²) in [5.41, 5.74) is 3.33. The molecule has 0 spiro atoms. The molecule has 0 aliphatic carbocycles. The monoisotopic (exact) mass is 515 g/mol. The second kappa shape index (κ2) is 9.34. The molecule has 158 valence electrons. The van der Waals surface area contributed by atoms with Gasteiger partial charge in [-0.2, -0.15) is 0 Å². The zero-order valence-electron chi connectivity index (χ0n) is 16.9. The van der Waals surface area contributed by atoms with E-state index in [1.54, 1.807) is 17.9 Å². The molecule has 0 saturated carbocycles. The summed E-state index contributed by atoms with van der Waals surface area (Å²) in [6.45, 7) is 4.29. The third kappa shape index (κ3) is 4.44. The highest BCUT2D eigenvalue weighted by Crippen LogP contribution is 2.34. The summed E-state index contributed by atoms with van der Waals surface area (Å²) in [6, 6.07) is 15.2. The Bertz CT molecular complexity index is 1220. The Morgan fingerprint density at radius 2 is 1.94 bits per heavy atom. The van der Waals surface area contributed by atoms with E-state index in [9.17, 15) is 4.79 Å². The molecule has 0 N–H and O–H groups in total. The largest absolute Gasteiger partial charge is 0.360 e. The molecule has 0 fully saturated rings. The highest BCUT2D eigenvalue weighted by molar-refractivity contribution is 9.10. The van der Waals surface area contributed by atoms with Crippen molar-refractivity contribution in [3.05, 3.63) is 74.7 Å². The standard InChI is InChI=1S/C23H19BrClN3O2S/c1-3-12-28(23-26-19(13-31-23)15-8-10-16(24)11-9-15)22(29)20-14(2)30-27-21(20)17-6-4-5-7-18(17)25/h4-11,13H,3,12H2,1-2H3. The van der Waals surface area contributed by atoms with Gasteiger partial charge < -0.3 is 4.52 Å². The Kier molecular flexibility index (Phi) is 6.55. The number of aryl methyl sites for hydroxylation is 1. The van der Waals surface area contributed by atoms with Gasteiger partial charge in [-0.25, -0.2) is 4.98 Å². The Balaban J connectivity index is 1.72. The number of halogens is 2. The Morgan fingerprint density at radius 3 is 2.65 bits per heavy atom. The number of carbonyl (C=O) groups excluding carboxylic acids is 1. The van der Waals surface area contributed by atoms with Gasteiger partial charge in [0, 0.05) is 27.5 Å². The third-order valence-electron chi connectivity index (χ3n) is 4.76. The van der Waals surface area contributed by atoms with Crippen LogP contribution in [0.5, 0.6) is 0 Å². The maximum atomic E-state index is 13.7. The Morgan fingerprint density at radius 1 is 1.19 bits per heavy atom. The number of nitrogens with zero attached hydrogens (tertiary/aromatic N) is 3. The molecule has 0 radical (unpaired) electrons. The minimum atomic E-state index is -0.202. The van der Waals surface area contributed by atoms with E-state index in [0.717, 1.165) is 22.2 Å². The van der Waals surface area contributed by atoms with Gasteiger partial charge in [0.2, 0.25) is 0 Å². The first-order valence-corrected chi connectivity index (χ1v) is 11.8. The summed E-state index contributed by atoms with van der Waals surface area (Å²) in [6.07, 6.45) is 0.782. The van der Waals surface area contributed by atoms with Gasteiger partial charge in [0.25, 0.3) is 5.91 Å². The predicted molar refractivity (Wildman–Crippen MR) is 129 cm³/mol. The minimum absolute atomic E-state index is 0.202. The lowest BCUT2D eigenvalue weighted by Crippen LogP contribution is -2.32. The van der Waals surface area contributed by atoms with Gasteiger partial charge in [0.1, 0.15) is 17.0 Å². The van der Waals surface area contributed by atoms with Crippen molar-refractivity contribution in [1.29, 1.82) is 0 Å². The lowest BCUT2D eigenvalue weighted by Gasteiger charge is -2.19. The van der Waals surface area contributed by atoms with Crippen LogP contribution in [-0.2, 0) is 0 Å². The van der Waals surface area contributed by atoms with Crippen LogP contribution in [0.15, 0.2) is 62.9 Å². The van der Waals surface area contributed by atoms with Crippen molar-refractivity contribution in [2.75, 3.05) is 11.4 Å². The van der Waals surface area contributed by atoms with Gasteiger partial charge in [-0.15, -0.1) is 11.3 Å². The van der Waals surface area contributed by atoms with Crippen molar-refractivity contribution < 1.29 is 9.32 Å². The van der Waals surface area contributed by atoms with Crippen LogP contribution < -0.4 is 4.90 Å². The van der Waals surface area contributed by atoms with Gasteiger partial charge in [0.15, 0.2) is 5.13 Å². The second-order valence-electron chi connectivity index (χ2n) is 6.92. The van der Waals surface area contributed by atoms with Crippen LogP contribution in [-0.4, -0.2) is 22.6 Å². The molecule has 0 aliphatic heterocycles. The summed E-state index contributed by atoms with van der Waals surface area (Å²) in [4.78, 5) is 20.1. The molecule has 0 atom stereocenters. The molecule has 31 heavy (non-hydrogen) atoms. The van der Waals surface area contributed by atoms with Crippen molar-refractivity contribution in [2.24, 2.45) is 0 Å². The molecule has 2 aromatic heterocycles. The summed E-state index contributed by atoms with van der Waals surface area (Å²) in [5, 5.41) is 7.25. The van der Waals surface area contributed by atoms with E-state index in [4.69, 9.17) is 21.1 Å². The quantitative estimate of drug-likeness (QED) is 0.271. The van der Waals surface area contributed by atoms with E-state index in [2.05, 4.69) is 21.1 Å². The second-order valence-corrected chi connectivity index (χ2v) is 9.08. The molecule has 0 saturated heterocycles. The summed E-state index contributed by atoms with van der Waals surface area (Å²) in [5.74, 6) is 0.248. The van der Waals surface area contributed by atoms with Crippen LogP contribution in [0, 0.1) is 6.92 Å². The van der Waals surface area contributed by atoms with Crippen LogP contribution in [0.1, 0.15) is 29.5 Å². The zero-order chi connectivity index (χ0) is 22.0. The highest BCUT2D eigenvalue weighted by atomic mass is 79.9. The number of amides is 1. The number of benzene rings is 2. The fraction of sp³-hybridized carbons (Fsp3) is 0.174. The van der Waals surface area contributed by atoms with E-state index in [1.165, 1.54) is 11.3 Å². The minimum Gasteiger partial charge on any atom is -0.360 e. The molecule has 0 aliphatic rings. The molecular weight excluding hydrogens is 498 g/mol. The number of rotatable bonds is 6. The maximum Gasteiger partial charge on any atom is 0.265 e. The number of anilines is 1. The van der Waals surface area contributed by atoms with E-state index >= 15 is 0 Å².